The molecule has 1 aromatic carbocycles. The topological polar surface area (TPSA) is 117 Å². The molecule has 0 aliphatic carbocycles. The van der Waals surface area contributed by atoms with Crippen LogP contribution in [0.1, 0.15) is 41.5 Å². The summed E-state index contributed by atoms with van der Waals surface area (Å²) in [5, 5.41) is 11.9. The number of carbonyl (C=O) groups excluding carboxylic acids is 4. The maximum absolute atomic E-state index is 12.3. The number of nitrogens with zero attached hydrogens (tertiary/aromatic N) is 2. The van der Waals surface area contributed by atoms with Crippen molar-refractivity contribution in [1.82, 2.24) is 10.2 Å². The lowest BCUT2D eigenvalue weighted by Crippen LogP contribution is -2.50. The van der Waals surface area contributed by atoms with E-state index in [1.807, 2.05) is 6.07 Å². The number of esters is 1. The third-order valence-electron chi connectivity index (χ3n) is 4.45. The first-order valence-corrected chi connectivity index (χ1v) is 8.99. The van der Waals surface area contributed by atoms with Gasteiger partial charge < -0.3 is 10.1 Å². The lowest BCUT2D eigenvalue weighted by molar-refractivity contribution is -0.149. The van der Waals surface area contributed by atoms with Gasteiger partial charge in [-0.25, -0.2) is 0 Å². The summed E-state index contributed by atoms with van der Waals surface area (Å²) in [6.45, 7) is 3.75. The van der Waals surface area contributed by atoms with Crippen LogP contribution in [-0.4, -0.2) is 47.3 Å². The molecule has 3 amide bonds. The van der Waals surface area contributed by atoms with Crippen LogP contribution in [0.25, 0.3) is 0 Å². The molecule has 1 N–H and O–H groups in total. The number of hydrogen-bond acceptors (Lipinski definition) is 6. The quantitative estimate of drug-likeness (QED) is 0.551. The van der Waals surface area contributed by atoms with E-state index in [0.29, 0.717) is 4.90 Å². The maximum atomic E-state index is 12.3. The first-order chi connectivity index (χ1) is 13.0. The predicted molar refractivity (Wildman–Crippen MR) is 99.8 cm³/mol. The van der Waals surface area contributed by atoms with E-state index in [0.717, 1.165) is 0 Å². The number of benzene rings is 1. The first kappa shape index (κ1) is 21.7. The molecule has 10 heteroatoms. The molecule has 0 spiro atoms. The van der Waals surface area contributed by atoms with Crippen LogP contribution < -0.4 is 5.32 Å². The van der Waals surface area contributed by atoms with Gasteiger partial charge in [0.2, 0.25) is 0 Å². The molecule has 0 fully saturated rings. The van der Waals surface area contributed by atoms with E-state index in [-0.39, 0.29) is 27.1 Å². The van der Waals surface area contributed by atoms with Crippen molar-refractivity contribution in [1.29, 1.82) is 5.26 Å². The van der Waals surface area contributed by atoms with Gasteiger partial charge >= 0.3 is 5.97 Å². The minimum Gasteiger partial charge on any atom is -0.454 e. The highest BCUT2D eigenvalue weighted by Gasteiger charge is 2.38. The third-order valence-corrected chi connectivity index (χ3v) is 5.17. The van der Waals surface area contributed by atoms with E-state index in [9.17, 15) is 24.4 Å². The second-order valence-corrected chi connectivity index (χ2v) is 7.50. The van der Waals surface area contributed by atoms with Crippen LogP contribution in [0.15, 0.2) is 12.1 Å². The van der Waals surface area contributed by atoms with Gasteiger partial charge in [-0.15, -0.1) is 0 Å². The predicted octanol–water partition coefficient (Wildman–Crippen LogP) is 2.19. The highest BCUT2D eigenvalue weighted by molar-refractivity contribution is 6.43. The minimum atomic E-state index is -1.12. The molecule has 8 nitrogen and oxygen atoms in total. The van der Waals surface area contributed by atoms with Crippen LogP contribution in [-0.2, 0) is 14.3 Å². The fraction of sp³-hybridized carbons (Fsp3) is 0.389. The Morgan fingerprint density at radius 3 is 2.14 bits per heavy atom. The highest BCUT2D eigenvalue weighted by Crippen LogP contribution is 2.31. The van der Waals surface area contributed by atoms with Gasteiger partial charge in [0.1, 0.15) is 12.1 Å². The largest absolute Gasteiger partial charge is 0.454 e. The van der Waals surface area contributed by atoms with Crippen LogP contribution in [0.4, 0.5) is 0 Å². The molecule has 0 saturated carbocycles. The van der Waals surface area contributed by atoms with E-state index in [2.05, 4.69) is 5.32 Å². The summed E-state index contributed by atoms with van der Waals surface area (Å²) in [6, 6.07) is 4.51. The highest BCUT2D eigenvalue weighted by atomic mass is 35.5. The number of fused-ring (bicyclic) bond motifs is 1. The zero-order valence-electron chi connectivity index (χ0n) is 15.3. The van der Waals surface area contributed by atoms with Gasteiger partial charge in [0.25, 0.3) is 17.7 Å². The Morgan fingerprint density at radius 2 is 1.71 bits per heavy atom. The van der Waals surface area contributed by atoms with Crippen molar-refractivity contribution >= 4 is 46.9 Å². The smallest absolute Gasteiger partial charge is 0.326 e. The molecule has 28 heavy (non-hydrogen) atoms. The molecular weight excluding hydrogens is 409 g/mol. The van der Waals surface area contributed by atoms with Crippen LogP contribution >= 0.6 is 23.2 Å². The fourth-order valence-electron chi connectivity index (χ4n) is 2.38. The van der Waals surface area contributed by atoms with Gasteiger partial charge in [-0.1, -0.05) is 37.0 Å². The zero-order valence-corrected chi connectivity index (χ0v) is 16.8. The molecule has 1 aliphatic heterocycles. The lowest BCUT2D eigenvalue weighted by atomic mass is 9.90. The second-order valence-electron chi connectivity index (χ2n) is 6.69. The Hall–Kier alpha value is -2.63. The number of halogens is 2. The summed E-state index contributed by atoms with van der Waals surface area (Å²) in [7, 11) is 0. The van der Waals surface area contributed by atoms with E-state index < -0.39 is 42.4 Å². The Balaban J connectivity index is 1.97. The lowest BCUT2D eigenvalue weighted by Gasteiger charge is -2.27. The zero-order chi connectivity index (χ0) is 21.2. The van der Waals surface area contributed by atoms with Crippen molar-refractivity contribution in [3.8, 4) is 6.07 Å². The SMILES string of the molecule is CC(C)C(C)(C#N)NC(=O)COC(=O)CN1C(=O)c2cc(Cl)c(Cl)cc2C1=O. The average molecular weight is 426 g/mol. The van der Waals surface area contributed by atoms with Crippen LogP contribution in [0.3, 0.4) is 0 Å². The number of nitrogens with one attached hydrogen (secondary N) is 1. The number of carbonyl (C=O) groups is 4. The van der Waals surface area contributed by atoms with E-state index >= 15 is 0 Å². The summed E-state index contributed by atoms with van der Waals surface area (Å²) in [4.78, 5) is 49.3. The van der Waals surface area contributed by atoms with Crippen molar-refractivity contribution in [3.63, 3.8) is 0 Å². The van der Waals surface area contributed by atoms with Crippen LogP contribution in [0.5, 0.6) is 0 Å². The van der Waals surface area contributed by atoms with Gasteiger partial charge in [-0.2, -0.15) is 5.26 Å². The van der Waals surface area contributed by atoms with Crippen LogP contribution in [0, 0.1) is 17.2 Å². The standard InChI is InChI=1S/C18H17Cl2N3O5/c1-9(2)18(3,8-21)22-14(24)7-28-15(25)6-23-16(26)10-4-12(19)13(20)5-11(10)17(23)27/h4-5,9H,6-7H2,1-3H3,(H,22,24). The van der Waals surface area contributed by atoms with Crippen molar-refractivity contribution in [3.05, 3.63) is 33.3 Å². The maximum Gasteiger partial charge on any atom is 0.326 e. The fourth-order valence-corrected chi connectivity index (χ4v) is 2.70. The summed E-state index contributed by atoms with van der Waals surface area (Å²) in [5.74, 6) is -3.22. The molecule has 2 rings (SSSR count). The van der Waals surface area contributed by atoms with Gasteiger partial charge in [0.05, 0.1) is 27.2 Å². The van der Waals surface area contributed by atoms with Crippen molar-refractivity contribution in [2.75, 3.05) is 13.2 Å². The van der Waals surface area contributed by atoms with Gasteiger partial charge in [-0.05, 0) is 25.0 Å². The minimum absolute atomic E-state index is 0.0339. The van der Waals surface area contributed by atoms with Gasteiger partial charge in [0, 0.05) is 0 Å². The van der Waals surface area contributed by atoms with Gasteiger partial charge in [-0.3, -0.25) is 24.1 Å². The van der Waals surface area contributed by atoms with Crippen molar-refractivity contribution in [2.24, 2.45) is 5.92 Å². The Bertz CT molecular complexity index is 868. The average Bonchev–Trinajstić information content (AvgIpc) is 2.85. The van der Waals surface area contributed by atoms with E-state index in [1.165, 1.54) is 12.1 Å². The summed E-state index contributed by atoms with van der Waals surface area (Å²) in [6.07, 6.45) is 0. The summed E-state index contributed by atoms with van der Waals surface area (Å²) < 4.78 is 4.82. The number of ether oxygens (including phenoxy) is 1. The molecule has 0 bridgehead atoms. The number of imide groups is 1. The molecule has 1 aliphatic rings. The molecule has 0 saturated heterocycles. The van der Waals surface area contributed by atoms with Crippen LogP contribution in [0.2, 0.25) is 10.0 Å². The van der Waals surface area contributed by atoms with E-state index in [1.54, 1.807) is 20.8 Å². The molecule has 1 atom stereocenters. The van der Waals surface area contributed by atoms with Crippen molar-refractivity contribution < 1.29 is 23.9 Å². The summed E-state index contributed by atoms with van der Waals surface area (Å²) in [5.41, 5.74) is -1.05. The molecule has 1 unspecified atom stereocenters. The van der Waals surface area contributed by atoms with E-state index in [4.69, 9.17) is 27.9 Å². The molecule has 148 valence electrons. The monoisotopic (exact) mass is 425 g/mol. The second kappa shape index (κ2) is 8.17. The normalized spacial score (nSPS) is 15.1. The number of rotatable bonds is 6. The molecule has 1 heterocycles. The molecular formula is C18H17Cl2N3O5. The molecule has 1 aromatic rings. The number of nitriles is 1. The number of amides is 3. The van der Waals surface area contributed by atoms with Gasteiger partial charge in [0.15, 0.2) is 6.61 Å². The molecule has 0 radical (unpaired) electrons. The third kappa shape index (κ3) is 4.26. The van der Waals surface area contributed by atoms with Crippen molar-refractivity contribution in [2.45, 2.75) is 26.3 Å². The Morgan fingerprint density at radius 1 is 1.21 bits per heavy atom. The Labute approximate surface area is 171 Å². The summed E-state index contributed by atoms with van der Waals surface area (Å²) >= 11 is 11.7. The Kier molecular flexibility index (Phi) is 6.32. The first-order valence-electron chi connectivity index (χ1n) is 8.23. The molecule has 0 aromatic heterocycles. The number of hydrogen-bond donors (Lipinski definition) is 1.